The van der Waals surface area contributed by atoms with E-state index in [1.165, 1.54) is 6.07 Å². The normalized spacial score (nSPS) is 10.1. The van der Waals surface area contributed by atoms with E-state index >= 15 is 0 Å². The van der Waals surface area contributed by atoms with E-state index < -0.39 is 17.5 Å². The minimum absolute atomic E-state index is 0.0681. The van der Waals surface area contributed by atoms with E-state index in [0.29, 0.717) is 17.8 Å². The Bertz CT molecular complexity index is 679. The summed E-state index contributed by atoms with van der Waals surface area (Å²) >= 11 is 0. The van der Waals surface area contributed by atoms with Gasteiger partial charge in [-0.05, 0) is 13.0 Å². The average Bonchev–Trinajstić information content (AvgIpc) is 2.35. The van der Waals surface area contributed by atoms with Crippen LogP contribution in [0.15, 0.2) is 18.2 Å². The van der Waals surface area contributed by atoms with Gasteiger partial charge in [0.1, 0.15) is 17.6 Å². The number of aromatic nitrogens is 2. The zero-order valence-electron chi connectivity index (χ0n) is 9.71. The summed E-state index contributed by atoms with van der Waals surface area (Å²) in [4.78, 5) is 7.69. The lowest BCUT2D eigenvalue weighted by atomic mass is 10.3. The molecule has 0 radical (unpaired) electrons. The molecule has 19 heavy (non-hydrogen) atoms. The summed E-state index contributed by atoms with van der Waals surface area (Å²) in [6.07, 6.45) is 0. The molecule has 0 fully saturated rings. The van der Waals surface area contributed by atoms with Crippen molar-refractivity contribution in [1.29, 1.82) is 5.26 Å². The van der Waals surface area contributed by atoms with Crippen molar-refractivity contribution in [2.75, 3.05) is 5.32 Å². The third-order valence-electron chi connectivity index (χ3n) is 2.23. The van der Waals surface area contributed by atoms with E-state index in [1.807, 2.05) is 6.07 Å². The van der Waals surface area contributed by atoms with Gasteiger partial charge in [-0.3, -0.25) is 0 Å². The van der Waals surface area contributed by atoms with Crippen LogP contribution in [0.3, 0.4) is 0 Å². The fourth-order valence-electron chi connectivity index (χ4n) is 1.42. The summed E-state index contributed by atoms with van der Waals surface area (Å²) in [7, 11) is 0. The van der Waals surface area contributed by atoms with Crippen molar-refractivity contribution in [3.8, 4) is 6.07 Å². The van der Waals surface area contributed by atoms with E-state index in [9.17, 15) is 13.2 Å². The zero-order valence-corrected chi connectivity index (χ0v) is 9.71. The van der Waals surface area contributed by atoms with Gasteiger partial charge >= 0.3 is 0 Å². The van der Waals surface area contributed by atoms with Gasteiger partial charge in [0.15, 0.2) is 11.6 Å². The number of benzene rings is 1. The first-order valence-electron chi connectivity index (χ1n) is 5.17. The molecule has 0 atom stereocenters. The van der Waals surface area contributed by atoms with Gasteiger partial charge < -0.3 is 5.32 Å². The lowest BCUT2D eigenvalue weighted by Gasteiger charge is -2.07. The van der Waals surface area contributed by atoms with Crippen LogP contribution in [0.25, 0.3) is 0 Å². The van der Waals surface area contributed by atoms with Crippen molar-refractivity contribution >= 4 is 11.6 Å². The molecule has 0 spiro atoms. The monoisotopic (exact) mass is 264 g/mol. The van der Waals surface area contributed by atoms with Gasteiger partial charge in [-0.25, -0.2) is 23.1 Å². The number of hydrogen-bond donors (Lipinski definition) is 1. The molecule has 0 amide bonds. The van der Waals surface area contributed by atoms with Crippen LogP contribution in [0, 0.1) is 35.7 Å². The molecular weight excluding hydrogens is 257 g/mol. The highest BCUT2D eigenvalue weighted by atomic mass is 19.2. The number of nitriles is 1. The Morgan fingerprint density at radius 2 is 1.74 bits per heavy atom. The molecule has 0 bridgehead atoms. The predicted molar refractivity (Wildman–Crippen MR) is 61.1 cm³/mol. The maximum Gasteiger partial charge on any atom is 0.228 e. The third-order valence-corrected chi connectivity index (χ3v) is 2.23. The summed E-state index contributed by atoms with van der Waals surface area (Å²) in [5.41, 5.74) is 0.253. The van der Waals surface area contributed by atoms with Crippen LogP contribution in [0.2, 0.25) is 0 Å². The predicted octanol–water partition coefficient (Wildman–Crippen LogP) is 2.82. The molecule has 1 aromatic carbocycles. The maximum atomic E-state index is 13.4. The Morgan fingerprint density at radius 3 is 2.42 bits per heavy atom. The molecule has 1 N–H and O–H groups in total. The Balaban J connectivity index is 2.39. The van der Waals surface area contributed by atoms with Crippen LogP contribution >= 0.6 is 0 Å². The number of hydrogen-bond acceptors (Lipinski definition) is 4. The van der Waals surface area contributed by atoms with Gasteiger partial charge in [0.05, 0.1) is 5.69 Å². The maximum absolute atomic E-state index is 13.4. The van der Waals surface area contributed by atoms with Gasteiger partial charge in [-0.15, -0.1) is 0 Å². The fraction of sp³-hybridized carbons (Fsp3) is 0.0833. The largest absolute Gasteiger partial charge is 0.322 e. The van der Waals surface area contributed by atoms with E-state index in [4.69, 9.17) is 5.26 Å². The van der Waals surface area contributed by atoms with E-state index in [2.05, 4.69) is 15.3 Å². The third kappa shape index (κ3) is 2.80. The molecule has 0 aliphatic heterocycles. The van der Waals surface area contributed by atoms with E-state index in [-0.39, 0.29) is 17.3 Å². The molecule has 1 heterocycles. The molecule has 0 saturated carbocycles. The van der Waals surface area contributed by atoms with Crippen molar-refractivity contribution in [3.05, 3.63) is 47.0 Å². The Hall–Kier alpha value is -2.62. The first-order chi connectivity index (χ1) is 8.99. The lowest BCUT2D eigenvalue weighted by molar-refractivity contribution is 0.496. The highest BCUT2D eigenvalue weighted by Gasteiger charge is 2.11. The number of anilines is 2. The molecule has 2 rings (SSSR count). The molecule has 0 aliphatic carbocycles. The molecule has 2 aromatic rings. The summed E-state index contributed by atoms with van der Waals surface area (Å²) < 4.78 is 39.2. The standard InChI is InChI=1S/C12H7F3N4/c1-6-2-7(5-16)18-12(17-6)19-11-4-9(14)8(13)3-10(11)15/h2-4H,1H3,(H,17,18,19). The summed E-state index contributed by atoms with van der Waals surface area (Å²) in [6.45, 7) is 1.62. The molecule has 7 heteroatoms. The highest BCUT2D eigenvalue weighted by molar-refractivity contribution is 5.54. The topological polar surface area (TPSA) is 61.6 Å². The highest BCUT2D eigenvalue weighted by Crippen LogP contribution is 2.21. The van der Waals surface area contributed by atoms with Crippen molar-refractivity contribution in [1.82, 2.24) is 9.97 Å². The van der Waals surface area contributed by atoms with Crippen molar-refractivity contribution in [2.45, 2.75) is 6.92 Å². The number of halogens is 3. The summed E-state index contributed by atoms with van der Waals surface area (Å²) in [6, 6.07) is 4.32. The number of nitrogens with zero attached hydrogens (tertiary/aromatic N) is 3. The molecule has 1 aromatic heterocycles. The van der Waals surface area contributed by atoms with Crippen LogP contribution in [0.4, 0.5) is 24.8 Å². The van der Waals surface area contributed by atoms with Crippen molar-refractivity contribution in [2.24, 2.45) is 0 Å². The second-order valence-corrected chi connectivity index (χ2v) is 3.70. The van der Waals surface area contributed by atoms with Crippen LogP contribution in [-0.2, 0) is 0 Å². The molecule has 0 unspecified atom stereocenters. The minimum atomic E-state index is -1.29. The Morgan fingerprint density at radius 1 is 1.05 bits per heavy atom. The van der Waals surface area contributed by atoms with Gasteiger partial charge in [-0.1, -0.05) is 0 Å². The number of aryl methyl sites for hydroxylation is 1. The van der Waals surface area contributed by atoms with E-state index in [1.54, 1.807) is 6.92 Å². The van der Waals surface area contributed by atoms with Crippen molar-refractivity contribution in [3.63, 3.8) is 0 Å². The molecule has 4 nitrogen and oxygen atoms in total. The zero-order chi connectivity index (χ0) is 14.0. The smallest absolute Gasteiger partial charge is 0.228 e. The van der Waals surface area contributed by atoms with Crippen LogP contribution in [0.5, 0.6) is 0 Å². The van der Waals surface area contributed by atoms with Crippen LogP contribution in [0.1, 0.15) is 11.4 Å². The average molecular weight is 264 g/mol. The van der Waals surface area contributed by atoms with Crippen LogP contribution < -0.4 is 5.32 Å². The molecule has 0 saturated heterocycles. The fourth-order valence-corrected chi connectivity index (χ4v) is 1.42. The van der Waals surface area contributed by atoms with Crippen molar-refractivity contribution < 1.29 is 13.2 Å². The molecule has 0 aliphatic rings. The van der Waals surface area contributed by atoms with Gasteiger partial charge in [-0.2, -0.15) is 5.26 Å². The number of rotatable bonds is 2. The minimum Gasteiger partial charge on any atom is -0.322 e. The second-order valence-electron chi connectivity index (χ2n) is 3.70. The Labute approximate surface area is 106 Å². The Kier molecular flexibility index (Phi) is 3.33. The first kappa shape index (κ1) is 12.8. The van der Waals surface area contributed by atoms with Gasteiger partial charge in [0.2, 0.25) is 5.95 Å². The van der Waals surface area contributed by atoms with Gasteiger partial charge in [0.25, 0.3) is 0 Å². The SMILES string of the molecule is Cc1cc(C#N)nc(Nc2cc(F)c(F)cc2F)n1. The van der Waals surface area contributed by atoms with Crippen LogP contribution in [-0.4, -0.2) is 9.97 Å². The quantitative estimate of drug-likeness (QED) is 0.847. The second kappa shape index (κ2) is 4.94. The molecule has 96 valence electrons. The first-order valence-corrected chi connectivity index (χ1v) is 5.17. The number of nitrogens with one attached hydrogen (secondary N) is 1. The van der Waals surface area contributed by atoms with E-state index in [0.717, 1.165) is 0 Å². The lowest BCUT2D eigenvalue weighted by Crippen LogP contribution is -2.03. The summed E-state index contributed by atoms with van der Waals surface area (Å²) in [5, 5.41) is 11.1. The van der Waals surface area contributed by atoms with Gasteiger partial charge in [0, 0.05) is 17.8 Å². The summed E-state index contributed by atoms with van der Waals surface area (Å²) in [5.74, 6) is -3.54. The molecular formula is C12H7F3N4.